The van der Waals surface area contributed by atoms with Crippen molar-refractivity contribution in [2.45, 2.75) is 136 Å². The average molecular weight is 1440 g/mol. The summed E-state index contributed by atoms with van der Waals surface area (Å²) in [5, 5.41) is 21.4. The second-order valence-electron chi connectivity index (χ2n) is 29.7. The highest BCUT2D eigenvalue weighted by molar-refractivity contribution is 7.91. The van der Waals surface area contributed by atoms with E-state index in [4.69, 9.17) is 42.1 Å². The summed E-state index contributed by atoms with van der Waals surface area (Å²) in [5.41, 5.74) is 6.34. The van der Waals surface area contributed by atoms with Crippen LogP contribution in [0.2, 0.25) is 10.0 Å². The molecule has 20 heteroatoms. The second kappa shape index (κ2) is 29.5. The first-order chi connectivity index (χ1) is 48.1. The third-order valence-corrected chi connectivity index (χ3v) is 28.0. The molecule has 2 saturated carbocycles. The second-order valence-corrected chi connectivity index (χ2v) is 34.4. The number of rotatable bonds is 8. The Hall–Kier alpha value is -6.74. The number of fused-ring (bicyclic) bond motifs is 8. The first-order valence-corrected chi connectivity index (χ1v) is 39.5. The predicted octanol–water partition coefficient (Wildman–Crippen LogP) is 13.0. The molecule has 4 heterocycles. The van der Waals surface area contributed by atoms with Gasteiger partial charge in [-0.2, -0.15) is 0 Å². The number of aryl methyl sites for hydroxylation is 2. The molecule has 0 unspecified atom stereocenters. The fourth-order valence-corrected chi connectivity index (χ4v) is 21.5. The summed E-state index contributed by atoms with van der Waals surface area (Å²) in [6.07, 6.45) is 18.7. The quantitative estimate of drug-likeness (QED) is 0.105. The van der Waals surface area contributed by atoms with Crippen LogP contribution in [0.5, 0.6) is 11.5 Å². The number of allylic oxidation sites excluding steroid dienone is 2. The van der Waals surface area contributed by atoms with Crippen LogP contribution >= 0.6 is 23.2 Å². The van der Waals surface area contributed by atoms with E-state index in [-0.39, 0.29) is 83.5 Å². The SMILES string of the molecule is CO[C@@]1(CO)/C=C/C[C@H](C)[C@@H](Cc2ccccc2)S(=O)(=O)NC(=O)c2ccc3c(c2)N(C[C@@H]2CC[C@H]21)C[C@@]1(CCCc2cc(Cl)ccc21)CO3.CO[C@]1(CO)/C=C/C[C@H](C)[C@@H](Cc2ccccc2)S(=O)(=O)NC(=O)c2ccc3c(c2)N(C[C@@H]2CC[C@H]21)C[C@@]1(CCCc2cc(Cl)ccc21)CO3. The van der Waals surface area contributed by atoms with Crippen LogP contribution in [0.4, 0.5) is 11.4 Å². The fourth-order valence-electron chi connectivity index (χ4n) is 17.8. The summed E-state index contributed by atoms with van der Waals surface area (Å²) in [6, 6.07) is 41.8. The minimum absolute atomic E-state index is 0.0494. The Morgan fingerprint density at radius 3 is 1.33 bits per heavy atom. The molecule has 0 saturated heterocycles. The van der Waals surface area contributed by atoms with Gasteiger partial charge in [0.15, 0.2) is 0 Å². The monoisotopic (exact) mass is 1440 g/mol. The molecule has 16 nitrogen and oxygen atoms in total. The molecule has 8 aliphatic rings. The number of aliphatic hydroxyl groups excluding tert-OH is 2. The highest BCUT2D eigenvalue weighted by Crippen LogP contribution is 2.52. The van der Waals surface area contributed by atoms with Crippen molar-refractivity contribution >= 4 is 66.4 Å². The Morgan fingerprint density at radius 1 is 0.550 bits per heavy atom. The molecule has 0 radical (unpaired) electrons. The summed E-state index contributed by atoms with van der Waals surface area (Å²) in [7, 11) is -4.93. The van der Waals surface area contributed by atoms with Gasteiger partial charge in [0.2, 0.25) is 20.0 Å². The maximum atomic E-state index is 14.1. The molecule has 0 aromatic heterocycles. The lowest BCUT2D eigenvalue weighted by Gasteiger charge is -2.50. The number of halogens is 2. The summed E-state index contributed by atoms with van der Waals surface area (Å²) in [4.78, 5) is 32.4. The van der Waals surface area contributed by atoms with Crippen LogP contribution in [0.25, 0.3) is 0 Å². The zero-order chi connectivity index (χ0) is 70.2. The van der Waals surface area contributed by atoms with Gasteiger partial charge < -0.3 is 39.0 Å². The fraction of sp³-hybridized carbons (Fsp3) is 0.475. The summed E-state index contributed by atoms with van der Waals surface area (Å²) in [5.74, 6) is -0.151. The maximum Gasteiger partial charge on any atom is 0.264 e. The van der Waals surface area contributed by atoms with Crippen molar-refractivity contribution in [3.8, 4) is 11.5 Å². The van der Waals surface area contributed by atoms with E-state index < -0.39 is 53.6 Å². The molecule has 2 spiro atoms. The largest absolute Gasteiger partial charge is 0.490 e. The van der Waals surface area contributed by atoms with Crippen molar-refractivity contribution in [3.63, 3.8) is 0 Å². The molecule has 6 aromatic rings. The normalized spacial score (nSPS) is 31.3. The van der Waals surface area contributed by atoms with Crippen molar-refractivity contribution in [1.29, 1.82) is 0 Å². The van der Waals surface area contributed by atoms with Crippen LogP contribution in [0.3, 0.4) is 0 Å². The smallest absolute Gasteiger partial charge is 0.264 e. The molecule has 2 amide bonds. The van der Waals surface area contributed by atoms with Gasteiger partial charge in [0.1, 0.15) is 22.7 Å². The standard InChI is InChI=1S/2C40H47ClN2O6S/c2*1-27-8-6-19-40(25-44,48-2)34-15-12-31(34)23-43-24-39(18-7-11-29-21-32(41)14-16-33(29)39)26-49-36-17-13-30(22-35(36)43)38(45)42-50(46,47)37(27)20-28-9-4-3-5-10-28/h2*3-6,9-10,13-14,16-17,19,21-22,27,31,34,37,44H,7-8,11-12,15,18,20,23-26H2,1-2H3,(H,42,45)/b2*19-6+/t27-,31-,34+,37+,39-,40+;27-,31-,34+,37+,39-,40-/m00/s1. The molecule has 4 aliphatic carbocycles. The number of nitrogens with zero attached hydrogens (tertiary/aromatic N) is 2. The van der Waals surface area contributed by atoms with E-state index in [0.717, 1.165) is 96.8 Å². The van der Waals surface area contributed by atoms with Crippen molar-refractivity contribution in [2.24, 2.45) is 35.5 Å². The number of amides is 2. The van der Waals surface area contributed by atoms with Crippen molar-refractivity contribution < 1.29 is 55.6 Å². The van der Waals surface area contributed by atoms with E-state index in [1.807, 2.05) is 111 Å². The van der Waals surface area contributed by atoms with Crippen LogP contribution in [-0.4, -0.2) is 127 Å². The third kappa shape index (κ3) is 14.4. The van der Waals surface area contributed by atoms with Crippen LogP contribution in [0.15, 0.2) is 158 Å². The van der Waals surface area contributed by atoms with Gasteiger partial charge in [-0.25, -0.2) is 26.3 Å². The molecule has 14 rings (SSSR count). The van der Waals surface area contributed by atoms with Gasteiger partial charge in [-0.05, 0) is 219 Å². The lowest BCUT2D eigenvalue weighted by molar-refractivity contribution is -0.103. The summed E-state index contributed by atoms with van der Waals surface area (Å²) < 4.78 is 86.8. The number of methoxy groups -OCH3 is 2. The molecule has 12 atom stereocenters. The Morgan fingerprint density at radius 2 is 0.960 bits per heavy atom. The van der Waals surface area contributed by atoms with E-state index in [1.54, 1.807) is 50.6 Å². The highest BCUT2D eigenvalue weighted by Gasteiger charge is 2.52. The number of benzene rings is 6. The molecule has 4 aliphatic heterocycles. The maximum absolute atomic E-state index is 14.1. The number of hydrogen-bond donors (Lipinski definition) is 4. The average Bonchev–Trinajstić information content (AvgIpc) is 1.40. The van der Waals surface area contributed by atoms with E-state index in [1.165, 1.54) is 22.3 Å². The predicted molar refractivity (Wildman–Crippen MR) is 393 cm³/mol. The number of nitrogens with one attached hydrogen (secondary N) is 2. The molecule has 2 fully saturated rings. The van der Waals surface area contributed by atoms with Gasteiger partial charge in [-0.15, -0.1) is 0 Å². The first-order valence-electron chi connectivity index (χ1n) is 35.6. The van der Waals surface area contributed by atoms with Gasteiger partial charge in [0.25, 0.3) is 11.8 Å². The molecule has 4 N–H and O–H groups in total. The van der Waals surface area contributed by atoms with E-state index >= 15 is 0 Å². The molecule has 4 bridgehead atoms. The van der Waals surface area contributed by atoms with E-state index in [2.05, 4.69) is 43.5 Å². The molecular weight excluding hydrogens is 1340 g/mol. The Bertz CT molecular complexity index is 4000. The first kappa shape index (κ1) is 71.6. The lowest BCUT2D eigenvalue weighted by Crippen LogP contribution is -2.54. The zero-order valence-corrected chi connectivity index (χ0v) is 60.8. The van der Waals surface area contributed by atoms with E-state index in [0.29, 0.717) is 63.7 Å². The minimum atomic E-state index is -4.12. The van der Waals surface area contributed by atoms with Gasteiger partial charge in [0.05, 0.1) is 48.3 Å². The van der Waals surface area contributed by atoms with Crippen LogP contribution < -0.4 is 28.7 Å². The molecule has 532 valence electrons. The summed E-state index contributed by atoms with van der Waals surface area (Å²) in [6.45, 7) is 7.04. The van der Waals surface area contributed by atoms with Crippen LogP contribution in [0.1, 0.15) is 132 Å². The van der Waals surface area contributed by atoms with Gasteiger partial charge in [0, 0.05) is 72.4 Å². The number of aliphatic hydroxyl groups is 2. The zero-order valence-electron chi connectivity index (χ0n) is 57.6. The number of hydrogen-bond acceptors (Lipinski definition) is 14. The van der Waals surface area contributed by atoms with Crippen molar-refractivity contribution in [3.05, 3.63) is 212 Å². The number of anilines is 2. The third-order valence-electron chi connectivity index (χ3n) is 23.8. The van der Waals surface area contributed by atoms with Gasteiger partial charge >= 0.3 is 0 Å². The minimum Gasteiger partial charge on any atom is -0.490 e. The van der Waals surface area contributed by atoms with E-state index in [9.17, 15) is 36.6 Å². The highest BCUT2D eigenvalue weighted by atomic mass is 35.5. The van der Waals surface area contributed by atoms with Crippen molar-refractivity contribution in [2.75, 3.05) is 76.6 Å². The van der Waals surface area contributed by atoms with Gasteiger partial charge in [-0.1, -0.05) is 134 Å². The molecular formula is C80H94Cl2N4O12S2. The Labute approximate surface area is 599 Å². The van der Waals surface area contributed by atoms with Crippen molar-refractivity contribution in [1.82, 2.24) is 9.44 Å². The van der Waals surface area contributed by atoms with Crippen LogP contribution in [-0.2, 0) is 66.0 Å². The Balaban J connectivity index is 0.000000179. The number of carbonyl (C=O) groups is 2. The summed E-state index contributed by atoms with van der Waals surface area (Å²) >= 11 is 12.9. The topological polar surface area (TPSA) is 210 Å². The molecule has 100 heavy (non-hydrogen) atoms. The molecule has 6 aromatic carbocycles. The van der Waals surface area contributed by atoms with Gasteiger partial charge in [-0.3, -0.25) is 9.59 Å². The number of carbonyl (C=O) groups excluding carboxylic acids is 2. The van der Waals surface area contributed by atoms with Crippen LogP contribution in [0, 0.1) is 35.5 Å². The number of sulfonamides is 2. The Kier molecular flexibility index (Phi) is 21.2. The number of ether oxygens (including phenoxy) is 4. The lowest BCUT2D eigenvalue weighted by atomic mass is 9.64.